The molecule has 0 aliphatic carbocycles. The molecule has 202 valence electrons. The molecule has 0 saturated carbocycles. The fraction of sp³-hybridized carbons (Fsp3) is 0.464. The van der Waals surface area contributed by atoms with Crippen LogP contribution < -0.4 is 20.4 Å². The Labute approximate surface area is 223 Å². The van der Waals surface area contributed by atoms with E-state index in [9.17, 15) is 0 Å². The molecule has 0 amide bonds. The van der Waals surface area contributed by atoms with Crippen molar-refractivity contribution in [3.63, 3.8) is 0 Å². The van der Waals surface area contributed by atoms with Gasteiger partial charge in [0, 0.05) is 71.8 Å². The number of pyridine rings is 1. The summed E-state index contributed by atoms with van der Waals surface area (Å²) in [5.74, 6) is 2.28. The van der Waals surface area contributed by atoms with Gasteiger partial charge in [0.25, 0.3) is 0 Å². The van der Waals surface area contributed by atoms with Crippen molar-refractivity contribution in [3.05, 3.63) is 59.4 Å². The molecule has 0 saturated heterocycles. The Morgan fingerprint density at radius 3 is 2.70 bits per heavy atom. The van der Waals surface area contributed by atoms with Crippen molar-refractivity contribution in [3.8, 4) is 0 Å². The second-order valence-electron chi connectivity index (χ2n) is 9.73. The van der Waals surface area contributed by atoms with Crippen LogP contribution in [0.3, 0.4) is 0 Å². The number of aryl methyl sites for hydroxylation is 1. The lowest BCUT2D eigenvalue weighted by Gasteiger charge is -2.25. The molecule has 0 radical (unpaired) electrons. The summed E-state index contributed by atoms with van der Waals surface area (Å²) < 4.78 is 10.9. The third-order valence-corrected chi connectivity index (χ3v) is 6.81. The van der Waals surface area contributed by atoms with E-state index in [0.29, 0.717) is 32.3 Å². The summed E-state index contributed by atoms with van der Waals surface area (Å²) in [7, 11) is 5.39. The van der Waals surface area contributed by atoms with E-state index in [2.05, 4.69) is 64.4 Å². The van der Waals surface area contributed by atoms with Crippen molar-refractivity contribution in [2.24, 2.45) is 0 Å². The molecular formula is C28H43N7O2. The smallest absolute Gasteiger partial charge is 0.229 e. The number of aromatic nitrogens is 3. The zero-order chi connectivity index (χ0) is 26.4. The van der Waals surface area contributed by atoms with Crippen LogP contribution in [0.25, 0.3) is 0 Å². The number of nitrogens with zero attached hydrogens (tertiary/aromatic N) is 5. The molecule has 2 aromatic heterocycles. The second-order valence-corrected chi connectivity index (χ2v) is 9.73. The van der Waals surface area contributed by atoms with Crippen LogP contribution in [-0.4, -0.2) is 69.1 Å². The summed E-state index contributed by atoms with van der Waals surface area (Å²) >= 11 is 0. The maximum Gasteiger partial charge on any atom is 0.229 e. The minimum atomic E-state index is -0.243. The number of fused-ring (bicyclic) bond motifs is 1. The molecule has 37 heavy (non-hydrogen) atoms. The van der Waals surface area contributed by atoms with Gasteiger partial charge in [-0.25, -0.2) is 9.97 Å². The minimum absolute atomic E-state index is 0. The van der Waals surface area contributed by atoms with Gasteiger partial charge in [0.1, 0.15) is 11.6 Å². The topological polar surface area (TPSA) is 87.7 Å². The Bertz CT molecular complexity index is 1220. The average molecular weight is 510 g/mol. The third-order valence-electron chi connectivity index (χ3n) is 6.81. The van der Waals surface area contributed by atoms with Crippen molar-refractivity contribution in [1.29, 1.82) is 0 Å². The summed E-state index contributed by atoms with van der Waals surface area (Å²) in [5, 5.41) is 6.59. The van der Waals surface area contributed by atoms with Crippen molar-refractivity contribution >= 4 is 29.0 Å². The normalized spacial score (nSPS) is 16.6. The maximum absolute atomic E-state index is 5.60. The average Bonchev–Trinajstić information content (AvgIpc) is 3.18. The fourth-order valence-electron chi connectivity index (χ4n) is 4.97. The minimum Gasteiger partial charge on any atom is -0.384 e. The fourth-order valence-corrected chi connectivity index (χ4v) is 4.97. The van der Waals surface area contributed by atoms with Crippen LogP contribution in [0.2, 0.25) is 0 Å². The van der Waals surface area contributed by atoms with Gasteiger partial charge in [-0.1, -0.05) is 13.0 Å². The Kier molecular flexibility index (Phi) is 8.58. The lowest BCUT2D eigenvalue weighted by molar-refractivity contribution is 0.145. The van der Waals surface area contributed by atoms with E-state index < -0.39 is 0 Å². The van der Waals surface area contributed by atoms with Crippen LogP contribution >= 0.6 is 0 Å². The Balaban J connectivity index is 0.00000267. The standard InChI is InChI=1S/C28H39N7O2.2H2/c1-7-34(13-14-36-5)24-12-11-21(15-20(24)2)32-27-30-17-23-26(33-27)35(18-28(23,3)19-37-6)25-10-8-9-22(31-25)16-29-4;;/h8-12,15,17,29H,7,13-14,16,18-19H2,1-6H3,(H,30,32,33);2*1H/t28-;;/m1../s1. The highest BCUT2D eigenvalue weighted by Gasteiger charge is 2.42. The number of hydrogen-bond acceptors (Lipinski definition) is 9. The number of anilines is 5. The van der Waals surface area contributed by atoms with Crippen LogP contribution in [0.1, 0.15) is 33.5 Å². The first-order valence-corrected chi connectivity index (χ1v) is 12.8. The zero-order valence-corrected chi connectivity index (χ0v) is 22.8. The number of hydrogen-bond donors (Lipinski definition) is 2. The second kappa shape index (κ2) is 11.9. The highest BCUT2D eigenvalue weighted by molar-refractivity contribution is 5.70. The number of benzene rings is 1. The van der Waals surface area contributed by atoms with E-state index in [1.54, 1.807) is 14.2 Å². The van der Waals surface area contributed by atoms with Gasteiger partial charge in [0.05, 0.1) is 18.9 Å². The summed E-state index contributed by atoms with van der Waals surface area (Å²) in [6.45, 7) is 10.9. The van der Waals surface area contributed by atoms with E-state index in [1.807, 2.05) is 31.4 Å². The summed E-state index contributed by atoms with van der Waals surface area (Å²) in [6, 6.07) is 12.4. The van der Waals surface area contributed by atoms with Crippen molar-refractivity contribution in [2.75, 3.05) is 69.2 Å². The predicted molar refractivity (Wildman–Crippen MR) is 154 cm³/mol. The van der Waals surface area contributed by atoms with E-state index in [4.69, 9.17) is 19.4 Å². The van der Waals surface area contributed by atoms with E-state index in [-0.39, 0.29) is 8.27 Å². The lowest BCUT2D eigenvalue weighted by atomic mass is 9.87. The number of nitrogens with one attached hydrogen (secondary N) is 2. The van der Waals surface area contributed by atoms with Crippen molar-refractivity contribution < 1.29 is 12.3 Å². The van der Waals surface area contributed by atoms with Crippen molar-refractivity contribution in [1.82, 2.24) is 20.3 Å². The summed E-state index contributed by atoms with van der Waals surface area (Å²) in [5.41, 5.74) is 5.13. The van der Waals surface area contributed by atoms with Crippen LogP contribution in [-0.2, 0) is 21.4 Å². The molecule has 2 N–H and O–H groups in total. The first-order valence-electron chi connectivity index (χ1n) is 12.8. The van der Waals surface area contributed by atoms with Crippen LogP contribution in [0, 0.1) is 6.92 Å². The highest BCUT2D eigenvalue weighted by atomic mass is 16.5. The van der Waals surface area contributed by atoms with E-state index in [1.165, 1.54) is 11.3 Å². The molecule has 9 nitrogen and oxygen atoms in total. The van der Waals surface area contributed by atoms with E-state index >= 15 is 0 Å². The predicted octanol–water partition coefficient (Wildman–Crippen LogP) is 4.66. The van der Waals surface area contributed by atoms with Gasteiger partial charge < -0.3 is 29.9 Å². The Hall–Kier alpha value is -3.27. The van der Waals surface area contributed by atoms with E-state index in [0.717, 1.165) is 41.7 Å². The van der Waals surface area contributed by atoms with Gasteiger partial charge >= 0.3 is 0 Å². The largest absolute Gasteiger partial charge is 0.384 e. The number of ether oxygens (including phenoxy) is 2. The molecule has 0 bridgehead atoms. The molecule has 4 rings (SSSR count). The van der Waals surface area contributed by atoms with Crippen LogP contribution in [0.5, 0.6) is 0 Å². The Morgan fingerprint density at radius 1 is 1.16 bits per heavy atom. The molecule has 0 fully saturated rings. The van der Waals surface area contributed by atoms with Gasteiger partial charge in [-0.15, -0.1) is 0 Å². The monoisotopic (exact) mass is 509 g/mol. The first-order chi connectivity index (χ1) is 17.9. The SMILES string of the molecule is CCN(CCOC)c1ccc(Nc2ncc3c(n2)N(c2cccc(CNC)n2)C[C@]3(C)COC)cc1C.[HH].[HH]. The Morgan fingerprint density at radius 2 is 2.00 bits per heavy atom. The molecule has 1 aromatic carbocycles. The lowest BCUT2D eigenvalue weighted by Crippen LogP contribution is -2.33. The summed E-state index contributed by atoms with van der Waals surface area (Å²) in [6.07, 6.45) is 1.92. The third kappa shape index (κ3) is 5.84. The molecule has 3 aromatic rings. The molecule has 9 heteroatoms. The molecule has 1 aliphatic rings. The zero-order valence-electron chi connectivity index (χ0n) is 22.8. The van der Waals surface area contributed by atoms with Gasteiger partial charge in [-0.3, -0.25) is 0 Å². The number of methoxy groups -OCH3 is 2. The molecule has 1 atom stereocenters. The molecular weight excluding hydrogens is 466 g/mol. The van der Waals surface area contributed by atoms with Gasteiger partial charge in [0.15, 0.2) is 0 Å². The van der Waals surface area contributed by atoms with Crippen molar-refractivity contribution in [2.45, 2.75) is 32.7 Å². The maximum atomic E-state index is 5.60. The quantitative estimate of drug-likeness (QED) is 0.362. The number of likely N-dealkylation sites (N-methyl/N-ethyl adjacent to an activating group) is 1. The van der Waals surface area contributed by atoms with Gasteiger partial charge in [-0.2, -0.15) is 4.98 Å². The summed E-state index contributed by atoms with van der Waals surface area (Å²) in [4.78, 5) is 19.0. The molecule has 0 unspecified atom stereocenters. The number of rotatable bonds is 12. The van der Waals surface area contributed by atoms with Gasteiger partial charge in [-0.05, 0) is 56.8 Å². The highest BCUT2D eigenvalue weighted by Crippen LogP contribution is 2.43. The first kappa shape index (κ1) is 26.8. The van der Waals surface area contributed by atoms with Crippen LogP contribution in [0.15, 0.2) is 42.6 Å². The molecule has 0 spiro atoms. The van der Waals surface area contributed by atoms with Gasteiger partial charge in [0.2, 0.25) is 5.95 Å². The molecule has 1 aliphatic heterocycles. The van der Waals surface area contributed by atoms with Crippen LogP contribution in [0.4, 0.5) is 29.0 Å². The molecule has 3 heterocycles.